The van der Waals surface area contributed by atoms with Crippen molar-refractivity contribution in [1.82, 2.24) is 4.98 Å². The van der Waals surface area contributed by atoms with E-state index in [0.29, 0.717) is 12.3 Å². The molecule has 0 atom stereocenters. The Morgan fingerprint density at radius 1 is 1.47 bits per heavy atom. The van der Waals surface area contributed by atoms with Gasteiger partial charge in [-0.25, -0.2) is 4.79 Å². The number of fused-ring (bicyclic) bond motifs is 1. The first-order chi connectivity index (χ1) is 8.20. The molecule has 0 amide bonds. The zero-order valence-corrected chi connectivity index (χ0v) is 9.27. The van der Waals surface area contributed by atoms with Gasteiger partial charge < -0.3 is 20.6 Å². The van der Waals surface area contributed by atoms with E-state index in [1.807, 2.05) is 18.3 Å². The molecule has 0 aliphatic carbocycles. The number of aliphatic carboxylic acids is 1. The number of H-pyrrole nitrogens is 1. The monoisotopic (exact) mass is 234 g/mol. The average molecular weight is 234 g/mol. The van der Waals surface area contributed by atoms with Gasteiger partial charge in [0.1, 0.15) is 5.75 Å². The third-order valence-electron chi connectivity index (χ3n) is 2.51. The minimum Gasteiger partial charge on any atom is -0.482 e. The van der Waals surface area contributed by atoms with Crippen molar-refractivity contribution in [3.05, 3.63) is 30.0 Å². The number of aromatic nitrogens is 1. The molecule has 5 heteroatoms. The number of rotatable bonds is 5. The molecule has 1 heterocycles. The van der Waals surface area contributed by atoms with E-state index < -0.39 is 5.97 Å². The molecule has 0 spiro atoms. The van der Waals surface area contributed by atoms with E-state index in [9.17, 15) is 4.79 Å². The molecule has 17 heavy (non-hydrogen) atoms. The number of carboxylic acids is 1. The molecule has 1 aromatic heterocycles. The second-order valence-corrected chi connectivity index (χ2v) is 3.74. The van der Waals surface area contributed by atoms with Crippen molar-refractivity contribution in [3.63, 3.8) is 0 Å². The van der Waals surface area contributed by atoms with Crippen LogP contribution in [-0.2, 0) is 11.2 Å². The van der Waals surface area contributed by atoms with E-state index in [1.54, 1.807) is 6.07 Å². The molecular formula is C12H14N2O3. The third kappa shape index (κ3) is 2.57. The Hall–Kier alpha value is -2.01. The highest BCUT2D eigenvalue weighted by atomic mass is 16.5. The molecule has 4 N–H and O–H groups in total. The fraction of sp³-hybridized carbons (Fsp3) is 0.250. The zero-order valence-electron chi connectivity index (χ0n) is 9.27. The van der Waals surface area contributed by atoms with Crippen LogP contribution in [0.1, 0.15) is 5.56 Å². The standard InChI is InChI=1S/C12H14N2O3/c13-4-3-8-6-14-11-2-1-9(5-10(8)11)17-7-12(15)16/h1-2,5-6,14H,3-4,7,13H2,(H,15,16). The van der Waals surface area contributed by atoms with E-state index in [2.05, 4.69) is 4.98 Å². The van der Waals surface area contributed by atoms with E-state index in [0.717, 1.165) is 22.9 Å². The van der Waals surface area contributed by atoms with Crippen LogP contribution in [0.2, 0.25) is 0 Å². The van der Waals surface area contributed by atoms with Crippen LogP contribution < -0.4 is 10.5 Å². The predicted molar refractivity (Wildman–Crippen MR) is 64.2 cm³/mol. The van der Waals surface area contributed by atoms with Crippen molar-refractivity contribution in [3.8, 4) is 5.75 Å². The summed E-state index contributed by atoms with van der Waals surface area (Å²) >= 11 is 0. The summed E-state index contributed by atoms with van der Waals surface area (Å²) in [7, 11) is 0. The Bertz CT molecular complexity index is 534. The highest BCUT2D eigenvalue weighted by Crippen LogP contribution is 2.23. The van der Waals surface area contributed by atoms with Crippen LogP contribution in [0.4, 0.5) is 0 Å². The number of nitrogens with two attached hydrogens (primary N) is 1. The van der Waals surface area contributed by atoms with Gasteiger partial charge >= 0.3 is 5.97 Å². The Kier molecular flexibility index (Phi) is 3.30. The van der Waals surface area contributed by atoms with E-state index >= 15 is 0 Å². The van der Waals surface area contributed by atoms with Gasteiger partial charge in [-0.2, -0.15) is 0 Å². The van der Waals surface area contributed by atoms with Gasteiger partial charge in [0.05, 0.1) is 0 Å². The van der Waals surface area contributed by atoms with Gasteiger partial charge in [0.25, 0.3) is 0 Å². The van der Waals surface area contributed by atoms with Crippen molar-refractivity contribution in [2.24, 2.45) is 5.73 Å². The summed E-state index contributed by atoms with van der Waals surface area (Å²) in [6, 6.07) is 5.44. The molecule has 5 nitrogen and oxygen atoms in total. The van der Waals surface area contributed by atoms with Crippen LogP contribution in [0.25, 0.3) is 10.9 Å². The molecule has 0 fully saturated rings. The lowest BCUT2D eigenvalue weighted by Gasteiger charge is -2.03. The average Bonchev–Trinajstić information content (AvgIpc) is 2.70. The van der Waals surface area contributed by atoms with Gasteiger partial charge in [-0.3, -0.25) is 0 Å². The van der Waals surface area contributed by atoms with E-state index in [-0.39, 0.29) is 6.61 Å². The van der Waals surface area contributed by atoms with E-state index in [1.165, 1.54) is 0 Å². The normalized spacial score (nSPS) is 10.6. The van der Waals surface area contributed by atoms with Crippen molar-refractivity contribution in [1.29, 1.82) is 0 Å². The van der Waals surface area contributed by atoms with Gasteiger partial charge in [0.2, 0.25) is 0 Å². The SMILES string of the molecule is NCCc1c[nH]c2ccc(OCC(=O)O)cc12. The minimum absolute atomic E-state index is 0.331. The third-order valence-corrected chi connectivity index (χ3v) is 2.51. The van der Waals surface area contributed by atoms with Gasteiger partial charge in [-0.05, 0) is 36.7 Å². The summed E-state index contributed by atoms with van der Waals surface area (Å²) < 4.78 is 5.13. The zero-order chi connectivity index (χ0) is 12.3. The topological polar surface area (TPSA) is 88.3 Å². The first kappa shape index (κ1) is 11.5. The number of benzene rings is 1. The van der Waals surface area contributed by atoms with Crippen molar-refractivity contribution in [2.45, 2.75) is 6.42 Å². The largest absolute Gasteiger partial charge is 0.482 e. The molecule has 2 rings (SSSR count). The van der Waals surface area contributed by atoms with Gasteiger partial charge in [-0.15, -0.1) is 0 Å². The first-order valence-corrected chi connectivity index (χ1v) is 5.35. The van der Waals surface area contributed by atoms with Crippen LogP contribution in [0.5, 0.6) is 5.75 Å². The minimum atomic E-state index is -0.985. The molecule has 90 valence electrons. The number of nitrogens with one attached hydrogen (secondary N) is 1. The van der Waals surface area contributed by atoms with Crippen LogP contribution in [0, 0.1) is 0 Å². The fourth-order valence-electron chi connectivity index (χ4n) is 1.75. The molecule has 0 radical (unpaired) electrons. The second kappa shape index (κ2) is 4.88. The molecular weight excluding hydrogens is 220 g/mol. The lowest BCUT2D eigenvalue weighted by molar-refractivity contribution is -0.139. The maximum absolute atomic E-state index is 10.4. The predicted octanol–water partition coefficient (Wildman–Crippen LogP) is 1.13. The van der Waals surface area contributed by atoms with Gasteiger partial charge in [0.15, 0.2) is 6.61 Å². The number of ether oxygens (including phenoxy) is 1. The number of carbonyl (C=O) groups is 1. The smallest absolute Gasteiger partial charge is 0.341 e. The first-order valence-electron chi connectivity index (χ1n) is 5.35. The Morgan fingerprint density at radius 2 is 2.29 bits per heavy atom. The van der Waals surface area contributed by atoms with Crippen LogP contribution >= 0.6 is 0 Å². The second-order valence-electron chi connectivity index (χ2n) is 3.74. The van der Waals surface area contributed by atoms with Gasteiger partial charge in [0, 0.05) is 17.1 Å². The van der Waals surface area contributed by atoms with Crippen molar-refractivity contribution >= 4 is 16.9 Å². The highest BCUT2D eigenvalue weighted by molar-refractivity contribution is 5.84. The molecule has 0 bridgehead atoms. The number of carboxylic acid groups (broad SMARTS) is 1. The number of hydrogen-bond donors (Lipinski definition) is 3. The summed E-state index contributed by atoms with van der Waals surface area (Å²) in [5.41, 5.74) is 7.63. The molecule has 1 aromatic carbocycles. The van der Waals surface area contributed by atoms with Crippen LogP contribution in [0.15, 0.2) is 24.4 Å². The lowest BCUT2D eigenvalue weighted by atomic mass is 10.1. The molecule has 0 aliphatic rings. The lowest BCUT2D eigenvalue weighted by Crippen LogP contribution is -2.09. The summed E-state index contributed by atoms with van der Waals surface area (Å²) in [5, 5.41) is 9.57. The van der Waals surface area contributed by atoms with Crippen molar-refractivity contribution in [2.75, 3.05) is 13.2 Å². The van der Waals surface area contributed by atoms with Crippen LogP contribution in [0.3, 0.4) is 0 Å². The summed E-state index contributed by atoms with van der Waals surface area (Å²) in [4.78, 5) is 13.5. The molecule has 0 unspecified atom stereocenters. The highest BCUT2D eigenvalue weighted by Gasteiger charge is 2.05. The van der Waals surface area contributed by atoms with Gasteiger partial charge in [-0.1, -0.05) is 0 Å². The van der Waals surface area contributed by atoms with Crippen molar-refractivity contribution < 1.29 is 14.6 Å². The maximum atomic E-state index is 10.4. The number of hydrogen-bond acceptors (Lipinski definition) is 3. The van der Waals surface area contributed by atoms with E-state index in [4.69, 9.17) is 15.6 Å². The number of aromatic amines is 1. The summed E-state index contributed by atoms with van der Waals surface area (Å²) in [6.07, 6.45) is 2.70. The molecule has 0 saturated carbocycles. The fourth-order valence-corrected chi connectivity index (χ4v) is 1.75. The maximum Gasteiger partial charge on any atom is 0.341 e. The summed E-state index contributed by atoms with van der Waals surface area (Å²) in [5.74, 6) is -0.431. The quantitative estimate of drug-likeness (QED) is 0.723. The molecule has 2 aromatic rings. The summed E-state index contributed by atoms with van der Waals surface area (Å²) in [6.45, 7) is 0.245. The van der Waals surface area contributed by atoms with Crippen LogP contribution in [-0.4, -0.2) is 29.2 Å². The Balaban J connectivity index is 2.27. The Labute approximate surface area is 98.2 Å². The molecule has 0 aliphatic heterocycles. The Morgan fingerprint density at radius 3 is 3.00 bits per heavy atom. The molecule has 0 saturated heterocycles.